The number of carboxylic acids is 1. The van der Waals surface area contributed by atoms with E-state index in [0.717, 1.165) is 17.7 Å². The molecule has 0 fully saturated rings. The van der Waals surface area contributed by atoms with Gasteiger partial charge in [-0.2, -0.15) is 0 Å². The summed E-state index contributed by atoms with van der Waals surface area (Å²) >= 11 is 0. The van der Waals surface area contributed by atoms with Crippen molar-refractivity contribution in [2.24, 2.45) is 5.92 Å². The first-order chi connectivity index (χ1) is 9.51. The molecule has 0 aromatic heterocycles. The lowest BCUT2D eigenvalue weighted by Gasteiger charge is -2.12. The molecular formula is C15H22N2O3. The van der Waals surface area contributed by atoms with Crippen LogP contribution in [0, 0.1) is 5.92 Å². The van der Waals surface area contributed by atoms with E-state index in [2.05, 4.69) is 17.6 Å². The fraction of sp³-hybridized carbons (Fsp3) is 0.467. The smallest absolute Gasteiger partial charge is 0.319 e. The highest BCUT2D eigenvalue weighted by Crippen LogP contribution is 2.11. The lowest BCUT2D eigenvalue weighted by Crippen LogP contribution is -2.32. The van der Waals surface area contributed by atoms with Gasteiger partial charge in [-0.05, 0) is 36.5 Å². The molecular weight excluding hydrogens is 256 g/mol. The van der Waals surface area contributed by atoms with Crippen LogP contribution in [0.2, 0.25) is 0 Å². The van der Waals surface area contributed by atoms with E-state index in [-0.39, 0.29) is 18.4 Å². The number of hydrogen-bond acceptors (Lipinski definition) is 2. The Kier molecular flexibility index (Phi) is 6.56. The Balaban J connectivity index is 2.34. The van der Waals surface area contributed by atoms with Gasteiger partial charge in [-0.3, -0.25) is 4.79 Å². The van der Waals surface area contributed by atoms with Crippen molar-refractivity contribution in [2.45, 2.75) is 33.1 Å². The molecule has 0 saturated heterocycles. The van der Waals surface area contributed by atoms with Gasteiger partial charge in [0.25, 0.3) is 0 Å². The summed E-state index contributed by atoms with van der Waals surface area (Å²) in [6.07, 6.45) is 1.60. The van der Waals surface area contributed by atoms with E-state index in [9.17, 15) is 9.59 Å². The molecule has 20 heavy (non-hydrogen) atoms. The normalized spacial score (nSPS) is 11.7. The molecule has 3 N–H and O–H groups in total. The summed E-state index contributed by atoms with van der Waals surface area (Å²) in [5.41, 5.74) is 1.93. The minimum absolute atomic E-state index is 0.128. The number of aliphatic carboxylic acids is 1. The summed E-state index contributed by atoms with van der Waals surface area (Å²) in [5, 5.41) is 14.1. The minimum Gasteiger partial charge on any atom is -0.481 e. The number of aryl methyl sites for hydroxylation is 1. The van der Waals surface area contributed by atoms with Crippen LogP contribution in [0.1, 0.15) is 32.3 Å². The van der Waals surface area contributed by atoms with Gasteiger partial charge < -0.3 is 15.7 Å². The third kappa shape index (κ3) is 6.22. The summed E-state index contributed by atoms with van der Waals surface area (Å²) in [4.78, 5) is 22.2. The maximum atomic E-state index is 11.7. The minimum atomic E-state index is -0.808. The van der Waals surface area contributed by atoms with Gasteiger partial charge in [0.05, 0.1) is 0 Å². The molecule has 0 radical (unpaired) electrons. The number of rotatable bonds is 7. The van der Waals surface area contributed by atoms with Crippen molar-refractivity contribution in [3.05, 3.63) is 29.8 Å². The molecule has 0 aliphatic carbocycles. The number of anilines is 1. The van der Waals surface area contributed by atoms with E-state index in [0.29, 0.717) is 13.0 Å². The Morgan fingerprint density at radius 2 is 2.10 bits per heavy atom. The van der Waals surface area contributed by atoms with Crippen molar-refractivity contribution in [2.75, 3.05) is 11.9 Å². The first-order valence-electron chi connectivity index (χ1n) is 6.86. The predicted octanol–water partition coefficient (Wildman–Crippen LogP) is 2.87. The molecule has 0 aliphatic rings. The van der Waals surface area contributed by atoms with Crippen LogP contribution in [0.15, 0.2) is 24.3 Å². The molecule has 1 aromatic carbocycles. The number of nitrogens with one attached hydrogen (secondary N) is 2. The summed E-state index contributed by atoms with van der Waals surface area (Å²) in [6.45, 7) is 4.44. The highest BCUT2D eigenvalue weighted by Gasteiger charge is 2.08. The van der Waals surface area contributed by atoms with Crippen LogP contribution in [0.5, 0.6) is 0 Å². The molecule has 0 heterocycles. The zero-order chi connectivity index (χ0) is 15.0. The zero-order valence-corrected chi connectivity index (χ0v) is 12.0. The highest BCUT2D eigenvalue weighted by atomic mass is 16.4. The van der Waals surface area contributed by atoms with Gasteiger partial charge in [0, 0.05) is 18.7 Å². The number of carbonyl (C=O) groups excluding carboxylic acids is 1. The van der Waals surface area contributed by atoms with Crippen molar-refractivity contribution in [3.63, 3.8) is 0 Å². The van der Waals surface area contributed by atoms with Gasteiger partial charge in [0.1, 0.15) is 0 Å². The molecule has 0 saturated carbocycles. The van der Waals surface area contributed by atoms with Crippen LogP contribution < -0.4 is 10.6 Å². The molecule has 2 amide bonds. The fourth-order valence-corrected chi connectivity index (χ4v) is 1.78. The summed E-state index contributed by atoms with van der Waals surface area (Å²) in [6, 6.07) is 7.43. The van der Waals surface area contributed by atoms with Crippen LogP contribution in [-0.2, 0) is 11.2 Å². The summed E-state index contributed by atoms with van der Waals surface area (Å²) < 4.78 is 0. The van der Waals surface area contributed by atoms with Crippen LogP contribution in [0.4, 0.5) is 10.5 Å². The molecule has 1 unspecified atom stereocenters. The second kappa shape index (κ2) is 8.19. The maximum Gasteiger partial charge on any atom is 0.319 e. The van der Waals surface area contributed by atoms with E-state index >= 15 is 0 Å². The van der Waals surface area contributed by atoms with Crippen LogP contribution in [0.25, 0.3) is 0 Å². The second-order valence-electron chi connectivity index (χ2n) is 4.93. The van der Waals surface area contributed by atoms with E-state index < -0.39 is 5.97 Å². The third-order valence-corrected chi connectivity index (χ3v) is 3.06. The van der Waals surface area contributed by atoms with E-state index in [4.69, 9.17) is 5.11 Å². The Hall–Kier alpha value is -2.04. The number of carboxylic acid groups (broad SMARTS) is 1. The number of carbonyl (C=O) groups is 2. The topological polar surface area (TPSA) is 78.4 Å². The van der Waals surface area contributed by atoms with Crippen molar-refractivity contribution in [3.8, 4) is 0 Å². The Morgan fingerprint density at radius 1 is 1.35 bits per heavy atom. The molecule has 110 valence electrons. The standard InChI is InChI=1S/C15H22N2O3/c1-3-12-5-4-6-13(9-12)17-15(20)16-10-11(2)7-8-14(18)19/h4-6,9,11H,3,7-8,10H2,1-2H3,(H,18,19)(H2,16,17,20). The Morgan fingerprint density at radius 3 is 2.75 bits per heavy atom. The summed E-state index contributed by atoms with van der Waals surface area (Å²) in [7, 11) is 0. The van der Waals surface area contributed by atoms with Gasteiger partial charge in [-0.1, -0.05) is 26.0 Å². The molecule has 5 heteroatoms. The number of urea groups is 1. The van der Waals surface area contributed by atoms with Crippen LogP contribution in [-0.4, -0.2) is 23.7 Å². The van der Waals surface area contributed by atoms with Gasteiger partial charge in [0.2, 0.25) is 0 Å². The fourth-order valence-electron chi connectivity index (χ4n) is 1.78. The first-order valence-corrected chi connectivity index (χ1v) is 6.86. The molecule has 1 aromatic rings. The number of benzene rings is 1. The van der Waals surface area contributed by atoms with Gasteiger partial charge >= 0.3 is 12.0 Å². The molecule has 0 spiro atoms. The Labute approximate surface area is 119 Å². The second-order valence-corrected chi connectivity index (χ2v) is 4.93. The lowest BCUT2D eigenvalue weighted by atomic mass is 10.1. The first kappa shape index (κ1) is 16.0. The predicted molar refractivity (Wildman–Crippen MR) is 78.9 cm³/mol. The number of hydrogen-bond donors (Lipinski definition) is 3. The number of amides is 2. The molecule has 1 atom stereocenters. The van der Waals surface area contributed by atoms with Gasteiger partial charge in [0.15, 0.2) is 0 Å². The molecule has 1 rings (SSSR count). The largest absolute Gasteiger partial charge is 0.481 e. The van der Waals surface area contributed by atoms with Crippen molar-refractivity contribution in [1.29, 1.82) is 0 Å². The van der Waals surface area contributed by atoms with Crippen LogP contribution in [0.3, 0.4) is 0 Å². The Bertz CT molecular complexity index is 460. The third-order valence-electron chi connectivity index (χ3n) is 3.06. The molecule has 0 aliphatic heterocycles. The SMILES string of the molecule is CCc1cccc(NC(=O)NCC(C)CCC(=O)O)c1. The quantitative estimate of drug-likeness (QED) is 0.717. The highest BCUT2D eigenvalue weighted by molar-refractivity contribution is 5.89. The average Bonchev–Trinajstić information content (AvgIpc) is 2.43. The maximum absolute atomic E-state index is 11.7. The van der Waals surface area contributed by atoms with Crippen LogP contribution >= 0.6 is 0 Å². The van der Waals surface area contributed by atoms with Gasteiger partial charge in [-0.15, -0.1) is 0 Å². The van der Waals surface area contributed by atoms with E-state index in [1.165, 1.54) is 0 Å². The molecule has 0 bridgehead atoms. The van der Waals surface area contributed by atoms with Crippen molar-refractivity contribution < 1.29 is 14.7 Å². The monoisotopic (exact) mass is 278 g/mol. The van der Waals surface area contributed by atoms with Crippen molar-refractivity contribution >= 4 is 17.7 Å². The van der Waals surface area contributed by atoms with E-state index in [1.54, 1.807) is 0 Å². The van der Waals surface area contributed by atoms with Crippen molar-refractivity contribution in [1.82, 2.24) is 5.32 Å². The van der Waals surface area contributed by atoms with Gasteiger partial charge in [-0.25, -0.2) is 4.79 Å². The van der Waals surface area contributed by atoms with E-state index in [1.807, 2.05) is 31.2 Å². The average molecular weight is 278 g/mol. The molecule has 5 nitrogen and oxygen atoms in total. The lowest BCUT2D eigenvalue weighted by molar-refractivity contribution is -0.137. The summed E-state index contributed by atoms with van der Waals surface area (Å²) in [5.74, 6) is -0.670. The zero-order valence-electron chi connectivity index (χ0n) is 12.0.